The predicted molar refractivity (Wildman–Crippen MR) is 130 cm³/mol. The SMILES string of the molecule is CC(NC(=O)COC(=O)CCNC(=O)C12CC3CC(CC(C3)C1)C2)c1cccc2ccccc12. The van der Waals surface area contributed by atoms with Crippen molar-refractivity contribution in [2.45, 2.75) is 57.9 Å². The molecular formula is C28H34N2O4. The van der Waals surface area contributed by atoms with E-state index >= 15 is 0 Å². The van der Waals surface area contributed by atoms with Crippen LogP contribution in [0.1, 0.15) is 63.5 Å². The lowest BCUT2D eigenvalue weighted by Gasteiger charge is -2.55. The van der Waals surface area contributed by atoms with Crippen LogP contribution < -0.4 is 10.6 Å². The van der Waals surface area contributed by atoms with Crippen molar-refractivity contribution < 1.29 is 19.1 Å². The molecule has 6 nitrogen and oxygen atoms in total. The summed E-state index contributed by atoms with van der Waals surface area (Å²) in [5.74, 6) is 1.41. The fourth-order valence-electron chi connectivity index (χ4n) is 7.06. The first-order chi connectivity index (χ1) is 16.4. The van der Waals surface area contributed by atoms with Crippen molar-refractivity contribution in [1.29, 1.82) is 0 Å². The average molecular weight is 463 g/mol. The molecule has 4 bridgehead atoms. The van der Waals surface area contributed by atoms with Gasteiger partial charge >= 0.3 is 5.97 Å². The minimum Gasteiger partial charge on any atom is -0.456 e. The maximum absolute atomic E-state index is 13.0. The second kappa shape index (κ2) is 9.40. The molecule has 4 aliphatic carbocycles. The smallest absolute Gasteiger partial charge is 0.308 e. The van der Waals surface area contributed by atoms with E-state index in [1.165, 1.54) is 19.3 Å². The topological polar surface area (TPSA) is 84.5 Å². The molecule has 2 aromatic rings. The maximum Gasteiger partial charge on any atom is 0.308 e. The highest BCUT2D eigenvalue weighted by Gasteiger charge is 2.54. The fraction of sp³-hybridized carbons (Fsp3) is 0.536. The van der Waals surface area contributed by atoms with Crippen molar-refractivity contribution in [3.63, 3.8) is 0 Å². The zero-order valence-electron chi connectivity index (χ0n) is 19.8. The summed E-state index contributed by atoms with van der Waals surface area (Å²) in [6, 6.07) is 13.8. The molecule has 0 radical (unpaired) electrons. The summed E-state index contributed by atoms with van der Waals surface area (Å²) in [5.41, 5.74) is 0.807. The van der Waals surface area contributed by atoms with Gasteiger partial charge in [-0.3, -0.25) is 14.4 Å². The molecule has 4 saturated carbocycles. The van der Waals surface area contributed by atoms with Crippen LogP contribution in [0.3, 0.4) is 0 Å². The Morgan fingerprint density at radius 3 is 2.32 bits per heavy atom. The second-order valence-electron chi connectivity index (χ2n) is 10.7. The van der Waals surface area contributed by atoms with Crippen LogP contribution in [0, 0.1) is 23.2 Å². The third-order valence-electron chi connectivity index (χ3n) is 8.17. The van der Waals surface area contributed by atoms with E-state index in [9.17, 15) is 14.4 Å². The summed E-state index contributed by atoms with van der Waals surface area (Å²) in [6.07, 6.45) is 6.96. The van der Waals surface area contributed by atoms with Crippen LogP contribution in [0.2, 0.25) is 0 Å². The van der Waals surface area contributed by atoms with Gasteiger partial charge in [-0.25, -0.2) is 0 Å². The van der Waals surface area contributed by atoms with Gasteiger partial charge in [0.05, 0.1) is 12.5 Å². The molecule has 6 rings (SSSR count). The average Bonchev–Trinajstić information content (AvgIpc) is 2.81. The Morgan fingerprint density at radius 1 is 0.971 bits per heavy atom. The van der Waals surface area contributed by atoms with E-state index in [0.29, 0.717) is 17.8 Å². The van der Waals surface area contributed by atoms with E-state index < -0.39 is 5.97 Å². The van der Waals surface area contributed by atoms with Gasteiger partial charge in [0.25, 0.3) is 5.91 Å². The highest BCUT2D eigenvalue weighted by Crippen LogP contribution is 2.60. The number of hydrogen-bond acceptors (Lipinski definition) is 4. The zero-order chi connectivity index (χ0) is 23.7. The third-order valence-corrected chi connectivity index (χ3v) is 8.17. The minimum atomic E-state index is -0.473. The Kier molecular flexibility index (Phi) is 6.32. The van der Waals surface area contributed by atoms with Crippen molar-refractivity contribution in [3.05, 3.63) is 48.0 Å². The number of rotatable bonds is 8. The van der Waals surface area contributed by atoms with Crippen molar-refractivity contribution >= 4 is 28.6 Å². The van der Waals surface area contributed by atoms with Gasteiger partial charge in [-0.05, 0) is 79.5 Å². The van der Waals surface area contributed by atoms with Gasteiger partial charge in [-0.1, -0.05) is 42.5 Å². The zero-order valence-corrected chi connectivity index (χ0v) is 19.8. The summed E-state index contributed by atoms with van der Waals surface area (Å²) in [7, 11) is 0. The van der Waals surface area contributed by atoms with Crippen LogP contribution in [0.15, 0.2) is 42.5 Å². The van der Waals surface area contributed by atoms with Gasteiger partial charge in [0.15, 0.2) is 6.61 Å². The van der Waals surface area contributed by atoms with Crippen molar-refractivity contribution in [2.75, 3.05) is 13.2 Å². The lowest BCUT2D eigenvalue weighted by atomic mass is 9.49. The monoisotopic (exact) mass is 462 g/mol. The molecule has 0 saturated heterocycles. The molecule has 4 aliphatic rings. The summed E-state index contributed by atoms with van der Waals surface area (Å²) in [6.45, 7) is 1.85. The molecule has 0 aromatic heterocycles. The third kappa shape index (κ3) is 4.68. The molecule has 2 aromatic carbocycles. The summed E-state index contributed by atoms with van der Waals surface area (Å²) >= 11 is 0. The quantitative estimate of drug-likeness (QED) is 0.574. The van der Waals surface area contributed by atoms with Gasteiger partial charge < -0.3 is 15.4 Å². The Hall–Kier alpha value is -2.89. The molecule has 0 heterocycles. The molecule has 6 heteroatoms. The Morgan fingerprint density at radius 2 is 1.62 bits per heavy atom. The normalized spacial score (nSPS) is 27.9. The largest absolute Gasteiger partial charge is 0.456 e. The van der Waals surface area contributed by atoms with E-state index in [0.717, 1.165) is 35.6 Å². The standard InChI is InChI=1S/C28H34N2O4/c1-18(23-8-4-6-22-5-2-3-7-24(22)23)30-25(31)17-34-26(32)9-10-29-27(33)28-14-19-11-20(15-28)13-21(12-19)16-28/h2-8,18-21H,9-17H2,1H3,(H,29,33)(H,30,31). The first-order valence-corrected chi connectivity index (χ1v) is 12.6. The lowest BCUT2D eigenvalue weighted by molar-refractivity contribution is -0.149. The first kappa shape index (κ1) is 22.9. The minimum absolute atomic E-state index is 0.0737. The van der Waals surface area contributed by atoms with E-state index in [1.54, 1.807) is 0 Å². The highest BCUT2D eigenvalue weighted by atomic mass is 16.5. The molecule has 2 N–H and O–H groups in total. The summed E-state index contributed by atoms with van der Waals surface area (Å²) in [5, 5.41) is 8.10. The van der Waals surface area contributed by atoms with Gasteiger partial charge in [-0.2, -0.15) is 0 Å². The van der Waals surface area contributed by atoms with Crippen molar-refractivity contribution in [1.82, 2.24) is 10.6 Å². The molecular weight excluding hydrogens is 428 g/mol. The van der Waals surface area contributed by atoms with Crippen molar-refractivity contribution in [2.24, 2.45) is 23.2 Å². The maximum atomic E-state index is 13.0. The Labute approximate surface area is 200 Å². The fourth-order valence-corrected chi connectivity index (χ4v) is 7.06. The van der Waals surface area contributed by atoms with Crippen LogP contribution in [0.25, 0.3) is 10.8 Å². The highest BCUT2D eigenvalue weighted by molar-refractivity contribution is 5.87. The number of carbonyl (C=O) groups is 3. The molecule has 34 heavy (non-hydrogen) atoms. The number of hydrogen-bond donors (Lipinski definition) is 2. The summed E-state index contributed by atoms with van der Waals surface area (Å²) in [4.78, 5) is 37.5. The molecule has 1 unspecified atom stereocenters. The van der Waals surface area contributed by atoms with Gasteiger partial charge in [0.1, 0.15) is 0 Å². The number of ether oxygens (including phenoxy) is 1. The number of amides is 2. The number of fused-ring (bicyclic) bond motifs is 1. The van der Waals surface area contributed by atoms with E-state index in [4.69, 9.17) is 4.74 Å². The van der Waals surface area contributed by atoms with Crippen LogP contribution in [-0.4, -0.2) is 30.9 Å². The van der Waals surface area contributed by atoms with Crippen LogP contribution in [0.4, 0.5) is 0 Å². The van der Waals surface area contributed by atoms with Crippen molar-refractivity contribution in [3.8, 4) is 0 Å². The van der Waals surface area contributed by atoms with E-state index in [1.807, 2.05) is 49.4 Å². The molecule has 0 spiro atoms. The first-order valence-electron chi connectivity index (χ1n) is 12.6. The van der Waals surface area contributed by atoms with E-state index in [2.05, 4.69) is 10.6 Å². The molecule has 2 amide bonds. The van der Waals surface area contributed by atoms with Gasteiger partial charge in [-0.15, -0.1) is 0 Å². The van der Waals surface area contributed by atoms with Gasteiger partial charge in [0, 0.05) is 12.0 Å². The van der Waals surface area contributed by atoms with Crippen LogP contribution in [-0.2, 0) is 19.1 Å². The predicted octanol–water partition coefficient (Wildman–Crippen LogP) is 4.28. The van der Waals surface area contributed by atoms with Crippen LogP contribution >= 0.6 is 0 Å². The molecule has 4 fully saturated rings. The number of carbonyl (C=O) groups excluding carboxylic acids is 3. The number of esters is 1. The Balaban J connectivity index is 1.05. The summed E-state index contributed by atoms with van der Waals surface area (Å²) < 4.78 is 5.16. The molecule has 1 atom stereocenters. The Bertz CT molecular complexity index is 1050. The van der Waals surface area contributed by atoms with Gasteiger partial charge in [0.2, 0.25) is 5.91 Å². The lowest BCUT2D eigenvalue weighted by Crippen LogP contribution is -2.53. The molecule has 0 aliphatic heterocycles. The second-order valence-corrected chi connectivity index (χ2v) is 10.7. The number of benzene rings is 2. The van der Waals surface area contributed by atoms with E-state index in [-0.39, 0.29) is 42.8 Å². The molecule has 180 valence electrons. The number of nitrogens with one attached hydrogen (secondary N) is 2. The van der Waals surface area contributed by atoms with Crippen LogP contribution in [0.5, 0.6) is 0 Å².